The molecule has 0 spiro atoms. The minimum Gasteiger partial charge on any atom is -0.444 e. The Kier molecular flexibility index (Phi) is 11.0. The zero-order chi connectivity index (χ0) is 26.1. The molecule has 190 valence electrons. The number of rotatable bonds is 11. The van der Waals surface area contributed by atoms with Crippen LogP contribution in [0.3, 0.4) is 0 Å². The predicted molar refractivity (Wildman–Crippen MR) is 131 cm³/mol. The Bertz CT molecular complexity index is 863. The van der Waals surface area contributed by atoms with Crippen LogP contribution in [0.1, 0.15) is 78.0 Å². The van der Waals surface area contributed by atoms with Gasteiger partial charge in [-0.2, -0.15) is 0 Å². The van der Waals surface area contributed by atoms with E-state index in [0.29, 0.717) is 12.1 Å². The molecule has 0 heterocycles. The lowest BCUT2D eigenvalue weighted by molar-refractivity contribution is -0.145. The van der Waals surface area contributed by atoms with E-state index in [1.807, 2.05) is 32.0 Å². The van der Waals surface area contributed by atoms with Crippen molar-refractivity contribution in [1.82, 2.24) is 15.5 Å². The highest BCUT2D eigenvalue weighted by molar-refractivity contribution is 5.94. The molecule has 0 aliphatic rings. The number of unbranched alkanes of at least 4 members (excludes halogenated alkanes) is 1. The Morgan fingerprint density at radius 3 is 2.29 bits per heavy atom. The average Bonchev–Trinajstić information content (AvgIpc) is 2.69. The summed E-state index contributed by atoms with van der Waals surface area (Å²) < 4.78 is 5.26. The number of primary amides is 1. The van der Waals surface area contributed by atoms with Crippen molar-refractivity contribution in [1.29, 1.82) is 0 Å². The standard InChI is InChI=1S/C25H40N4O5/c1-8-9-13-27-22(31)21(18-12-10-11-17(4)14-18)29(16(2)3)23(32)19(15-20(26)30)28-24(33)34-25(5,6)7/h10-12,14,16,19,21H,8-9,13,15H2,1-7H3,(H2,26,30)(H,27,31)(H,28,33). The van der Waals surface area contributed by atoms with E-state index in [-0.39, 0.29) is 5.91 Å². The number of carbonyl (C=O) groups is 4. The van der Waals surface area contributed by atoms with E-state index in [1.54, 1.807) is 40.7 Å². The van der Waals surface area contributed by atoms with Crippen molar-refractivity contribution in [2.45, 2.75) is 91.5 Å². The summed E-state index contributed by atoms with van der Waals surface area (Å²) in [7, 11) is 0. The molecule has 9 heteroatoms. The molecule has 2 unspecified atom stereocenters. The number of amides is 4. The number of aryl methyl sites for hydroxylation is 1. The van der Waals surface area contributed by atoms with Gasteiger partial charge in [-0.05, 0) is 53.5 Å². The largest absolute Gasteiger partial charge is 0.444 e. The maximum Gasteiger partial charge on any atom is 0.408 e. The number of hydrogen-bond donors (Lipinski definition) is 3. The lowest BCUT2D eigenvalue weighted by Gasteiger charge is -2.37. The molecule has 0 aliphatic carbocycles. The van der Waals surface area contributed by atoms with Crippen LogP contribution >= 0.6 is 0 Å². The molecule has 1 rings (SSSR count). The Morgan fingerprint density at radius 2 is 1.79 bits per heavy atom. The Labute approximate surface area is 202 Å². The van der Waals surface area contributed by atoms with Crippen LogP contribution in [-0.4, -0.2) is 52.9 Å². The fraction of sp³-hybridized carbons (Fsp3) is 0.600. The lowest BCUT2D eigenvalue weighted by atomic mass is 9.99. The summed E-state index contributed by atoms with van der Waals surface area (Å²) in [5, 5.41) is 5.37. The summed E-state index contributed by atoms with van der Waals surface area (Å²) >= 11 is 0. The normalized spacial score (nSPS) is 13.1. The van der Waals surface area contributed by atoms with Crippen LogP contribution < -0.4 is 16.4 Å². The second-order valence-corrected chi connectivity index (χ2v) is 9.67. The molecule has 0 saturated carbocycles. The predicted octanol–water partition coefficient (Wildman–Crippen LogP) is 2.96. The van der Waals surface area contributed by atoms with Crippen molar-refractivity contribution in [2.24, 2.45) is 5.73 Å². The van der Waals surface area contributed by atoms with E-state index in [9.17, 15) is 19.2 Å². The van der Waals surface area contributed by atoms with E-state index in [2.05, 4.69) is 10.6 Å². The highest BCUT2D eigenvalue weighted by Crippen LogP contribution is 2.26. The molecule has 0 aromatic heterocycles. The van der Waals surface area contributed by atoms with E-state index in [4.69, 9.17) is 10.5 Å². The van der Waals surface area contributed by atoms with Crippen LogP contribution in [-0.2, 0) is 19.1 Å². The fourth-order valence-electron chi connectivity index (χ4n) is 3.47. The molecule has 34 heavy (non-hydrogen) atoms. The third-order valence-electron chi connectivity index (χ3n) is 4.92. The highest BCUT2D eigenvalue weighted by Gasteiger charge is 2.38. The number of carbonyl (C=O) groups excluding carboxylic acids is 4. The molecule has 0 fully saturated rings. The molecule has 0 bridgehead atoms. The average molecular weight is 477 g/mol. The van der Waals surface area contributed by atoms with Crippen LogP contribution in [0.4, 0.5) is 4.79 Å². The molecule has 1 aromatic rings. The van der Waals surface area contributed by atoms with E-state index in [0.717, 1.165) is 18.4 Å². The number of nitrogens with two attached hydrogens (primary N) is 1. The van der Waals surface area contributed by atoms with Crippen molar-refractivity contribution in [2.75, 3.05) is 6.54 Å². The molecular formula is C25H40N4O5. The second-order valence-electron chi connectivity index (χ2n) is 9.67. The van der Waals surface area contributed by atoms with Crippen LogP contribution in [0.2, 0.25) is 0 Å². The summed E-state index contributed by atoms with van der Waals surface area (Å²) in [5.74, 6) is -1.70. The molecule has 2 atom stereocenters. The smallest absolute Gasteiger partial charge is 0.408 e. The minimum absolute atomic E-state index is 0.337. The summed E-state index contributed by atoms with van der Waals surface area (Å²) in [6.07, 6.45) is 0.421. The number of nitrogens with zero attached hydrogens (tertiary/aromatic N) is 1. The third kappa shape index (κ3) is 9.41. The van der Waals surface area contributed by atoms with Gasteiger partial charge in [-0.1, -0.05) is 43.2 Å². The Hall–Kier alpha value is -3.10. The van der Waals surface area contributed by atoms with E-state index in [1.165, 1.54) is 4.90 Å². The second kappa shape index (κ2) is 13.0. The van der Waals surface area contributed by atoms with E-state index >= 15 is 0 Å². The van der Waals surface area contributed by atoms with E-state index < -0.39 is 48.1 Å². The van der Waals surface area contributed by atoms with Gasteiger partial charge >= 0.3 is 6.09 Å². The van der Waals surface area contributed by atoms with Crippen molar-refractivity contribution in [3.63, 3.8) is 0 Å². The maximum atomic E-state index is 13.7. The lowest BCUT2D eigenvalue weighted by Crippen LogP contribution is -2.56. The molecule has 9 nitrogen and oxygen atoms in total. The SMILES string of the molecule is CCCCNC(=O)C(c1cccc(C)c1)N(C(=O)C(CC(N)=O)NC(=O)OC(C)(C)C)C(C)C. The van der Waals surface area contributed by atoms with Gasteiger partial charge in [0.1, 0.15) is 17.7 Å². The zero-order valence-electron chi connectivity index (χ0n) is 21.4. The quantitative estimate of drug-likeness (QED) is 0.423. The van der Waals surface area contributed by atoms with Crippen LogP contribution in [0.25, 0.3) is 0 Å². The van der Waals surface area contributed by atoms with Gasteiger partial charge in [0, 0.05) is 12.6 Å². The number of hydrogen-bond acceptors (Lipinski definition) is 5. The number of nitrogens with one attached hydrogen (secondary N) is 2. The molecule has 1 aromatic carbocycles. The molecule has 4 N–H and O–H groups in total. The van der Waals surface area contributed by atoms with Gasteiger partial charge < -0.3 is 26.0 Å². The maximum absolute atomic E-state index is 13.7. The summed E-state index contributed by atoms with van der Waals surface area (Å²) in [5.41, 5.74) is 6.14. The van der Waals surface area contributed by atoms with Gasteiger partial charge in [0.2, 0.25) is 17.7 Å². The first-order valence-corrected chi connectivity index (χ1v) is 11.7. The number of ether oxygens (including phenoxy) is 1. The summed E-state index contributed by atoms with van der Waals surface area (Å²) in [6, 6.07) is 4.68. The Balaban J connectivity index is 3.41. The number of benzene rings is 1. The molecule has 0 radical (unpaired) electrons. The molecular weight excluding hydrogens is 436 g/mol. The monoisotopic (exact) mass is 476 g/mol. The summed E-state index contributed by atoms with van der Waals surface area (Å²) in [4.78, 5) is 52.6. The van der Waals surface area contributed by atoms with Gasteiger partial charge in [0.25, 0.3) is 0 Å². The van der Waals surface area contributed by atoms with Gasteiger partial charge in [-0.3, -0.25) is 14.4 Å². The van der Waals surface area contributed by atoms with Crippen LogP contribution in [0, 0.1) is 6.92 Å². The first kappa shape index (κ1) is 28.9. The molecule has 0 aliphatic heterocycles. The van der Waals surface area contributed by atoms with Crippen LogP contribution in [0.5, 0.6) is 0 Å². The minimum atomic E-state index is -1.29. The van der Waals surface area contributed by atoms with Crippen LogP contribution in [0.15, 0.2) is 24.3 Å². The van der Waals surface area contributed by atoms with Crippen molar-refractivity contribution in [3.8, 4) is 0 Å². The summed E-state index contributed by atoms with van der Waals surface area (Å²) in [6.45, 7) is 13.0. The van der Waals surface area contributed by atoms with Gasteiger partial charge in [-0.15, -0.1) is 0 Å². The third-order valence-corrected chi connectivity index (χ3v) is 4.92. The van der Waals surface area contributed by atoms with Crippen molar-refractivity contribution in [3.05, 3.63) is 35.4 Å². The number of alkyl carbamates (subject to hydrolysis) is 1. The first-order chi connectivity index (χ1) is 15.8. The topological polar surface area (TPSA) is 131 Å². The van der Waals surface area contributed by atoms with Gasteiger partial charge in [0.05, 0.1) is 6.42 Å². The first-order valence-electron chi connectivity index (χ1n) is 11.7. The molecule has 4 amide bonds. The fourth-order valence-corrected chi connectivity index (χ4v) is 3.47. The van der Waals surface area contributed by atoms with Crippen molar-refractivity contribution < 1.29 is 23.9 Å². The zero-order valence-corrected chi connectivity index (χ0v) is 21.4. The van der Waals surface area contributed by atoms with Crippen molar-refractivity contribution >= 4 is 23.8 Å². The molecule has 0 saturated heterocycles. The van der Waals surface area contributed by atoms with Gasteiger partial charge in [0.15, 0.2) is 0 Å². The highest BCUT2D eigenvalue weighted by atomic mass is 16.6. The van der Waals surface area contributed by atoms with Gasteiger partial charge in [-0.25, -0.2) is 4.79 Å². The Morgan fingerprint density at radius 1 is 1.15 bits per heavy atom.